The maximum absolute atomic E-state index is 14.3. The van der Waals surface area contributed by atoms with E-state index in [1.807, 2.05) is 18.2 Å². The van der Waals surface area contributed by atoms with Gasteiger partial charge in [0.2, 0.25) is 0 Å². The molecule has 2 aromatic carbocycles. The van der Waals surface area contributed by atoms with Crippen LogP contribution in [0.5, 0.6) is 5.75 Å². The zero-order chi connectivity index (χ0) is 16.6. The number of halogens is 1. The van der Waals surface area contributed by atoms with E-state index in [-0.39, 0.29) is 17.2 Å². The van der Waals surface area contributed by atoms with E-state index in [0.717, 1.165) is 10.9 Å². The SMILES string of the molecule is COc1ccc(F)c(-n2cc(C(C)C)c3ccccc3c2=O)c1. The van der Waals surface area contributed by atoms with Gasteiger partial charge in [-0.1, -0.05) is 32.0 Å². The predicted octanol–water partition coefficient (Wildman–Crippen LogP) is 4.26. The number of pyridine rings is 1. The van der Waals surface area contributed by atoms with Crippen molar-refractivity contribution in [1.29, 1.82) is 0 Å². The van der Waals surface area contributed by atoms with Crippen LogP contribution in [0.2, 0.25) is 0 Å². The largest absolute Gasteiger partial charge is 0.497 e. The second-order valence-corrected chi connectivity index (χ2v) is 5.78. The van der Waals surface area contributed by atoms with Crippen molar-refractivity contribution in [3.63, 3.8) is 0 Å². The Labute approximate surface area is 134 Å². The van der Waals surface area contributed by atoms with Crippen molar-refractivity contribution in [2.75, 3.05) is 7.11 Å². The van der Waals surface area contributed by atoms with Gasteiger partial charge in [-0.25, -0.2) is 4.39 Å². The summed E-state index contributed by atoms with van der Waals surface area (Å²) in [5, 5.41) is 1.49. The topological polar surface area (TPSA) is 31.2 Å². The molecule has 118 valence electrons. The van der Waals surface area contributed by atoms with Gasteiger partial charge in [0.25, 0.3) is 5.56 Å². The van der Waals surface area contributed by atoms with Crippen molar-refractivity contribution in [3.05, 3.63) is 70.4 Å². The quantitative estimate of drug-likeness (QED) is 0.723. The van der Waals surface area contributed by atoms with Crippen LogP contribution >= 0.6 is 0 Å². The average Bonchev–Trinajstić information content (AvgIpc) is 2.56. The van der Waals surface area contributed by atoms with Gasteiger partial charge in [0.05, 0.1) is 12.8 Å². The predicted molar refractivity (Wildman–Crippen MR) is 90.1 cm³/mol. The summed E-state index contributed by atoms with van der Waals surface area (Å²) in [7, 11) is 1.51. The first kappa shape index (κ1) is 15.3. The van der Waals surface area contributed by atoms with Gasteiger partial charge < -0.3 is 4.74 Å². The number of aromatic nitrogens is 1. The molecule has 1 aromatic heterocycles. The maximum atomic E-state index is 14.3. The minimum absolute atomic E-state index is 0.196. The van der Waals surface area contributed by atoms with Gasteiger partial charge in [0, 0.05) is 17.6 Å². The summed E-state index contributed by atoms with van der Waals surface area (Å²) >= 11 is 0. The Balaban J connectivity index is 2.39. The highest BCUT2D eigenvalue weighted by Crippen LogP contribution is 2.26. The molecule has 0 saturated heterocycles. The highest BCUT2D eigenvalue weighted by atomic mass is 19.1. The molecule has 3 rings (SSSR count). The summed E-state index contributed by atoms with van der Waals surface area (Å²) in [4.78, 5) is 12.8. The molecule has 0 spiro atoms. The second kappa shape index (κ2) is 5.88. The highest BCUT2D eigenvalue weighted by molar-refractivity contribution is 5.85. The fraction of sp³-hybridized carbons (Fsp3) is 0.211. The lowest BCUT2D eigenvalue weighted by molar-refractivity contribution is 0.413. The van der Waals surface area contributed by atoms with E-state index in [1.165, 1.54) is 29.9 Å². The van der Waals surface area contributed by atoms with Gasteiger partial charge in [0.15, 0.2) is 0 Å². The lowest BCUT2D eigenvalue weighted by Gasteiger charge is -2.15. The van der Waals surface area contributed by atoms with Crippen molar-refractivity contribution >= 4 is 10.8 Å². The molecule has 0 N–H and O–H groups in total. The van der Waals surface area contributed by atoms with Gasteiger partial charge in [-0.05, 0) is 35.1 Å². The third-order valence-electron chi connectivity index (χ3n) is 3.99. The summed E-state index contributed by atoms with van der Waals surface area (Å²) in [6.45, 7) is 4.11. The van der Waals surface area contributed by atoms with Gasteiger partial charge >= 0.3 is 0 Å². The minimum atomic E-state index is -0.460. The Kier molecular flexibility index (Phi) is 3.90. The van der Waals surface area contributed by atoms with E-state index in [9.17, 15) is 9.18 Å². The van der Waals surface area contributed by atoms with Crippen LogP contribution in [0.1, 0.15) is 25.3 Å². The van der Waals surface area contributed by atoms with Crippen LogP contribution < -0.4 is 10.3 Å². The summed E-state index contributed by atoms with van der Waals surface area (Å²) in [5.41, 5.74) is 0.960. The summed E-state index contributed by atoms with van der Waals surface area (Å²) in [5.74, 6) is 0.255. The van der Waals surface area contributed by atoms with Crippen LogP contribution in [-0.4, -0.2) is 11.7 Å². The summed E-state index contributed by atoms with van der Waals surface area (Å²) in [6, 6.07) is 11.8. The Morgan fingerprint density at radius 1 is 1.09 bits per heavy atom. The van der Waals surface area contributed by atoms with Crippen LogP contribution in [0, 0.1) is 5.82 Å². The van der Waals surface area contributed by atoms with Crippen molar-refractivity contribution in [2.45, 2.75) is 19.8 Å². The molecule has 0 aliphatic rings. The summed E-state index contributed by atoms with van der Waals surface area (Å²) in [6.07, 6.45) is 1.73. The molecule has 0 unspecified atom stereocenters. The first-order valence-electron chi connectivity index (χ1n) is 7.51. The first-order chi connectivity index (χ1) is 11.0. The van der Waals surface area contributed by atoms with E-state index in [2.05, 4.69) is 13.8 Å². The van der Waals surface area contributed by atoms with E-state index >= 15 is 0 Å². The van der Waals surface area contributed by atoms with Crippen LogP contribution in [0.3, 0.4) is 0 Å². The number of rotatable bonds is 3. The van der Waals surface area contributed by atoms with Crippen molar-refractivity contribution in [2.24, 2.45) is 0 Å². The van der Waals surface area contributed by atoms with Crippen LogP contribution in [0.25, 0.3) is 16.5 Å². The third-order valence-corrected chi connectivity index (χ3v) is 3.99. The van der Waals surface area contributed by atoms with Gasteiger partial charge in [0.1, 0.15) is 11.6 Å². The highest BCUT2D eigenvalue weighted by Gasteiger charge is 2.14. The average molecular weight is 311 g/mol. The minimum Gasteiger partial charge on any atom is -0.497 e. The van der Waals surface area contributed by atoms with Crippen molar-refractivity contribution in [3.8, 4) is 11.4 Å². The molecule has 3 aromatic rings. The molecule has 4 heteroatoms. The monoisotopic (exact) mass is 311 g/mol. The Morgan fingerprint density at radius 2 is 1.78 bits per heavy atom. The van der Waals surface area contributed by atoms with Gasteiger partial charge in [-0.3, -0.25) is 9.36 Å². The second-order valence-electron chi connectivity index (χ2n) is 5.78. The molecule has 0 fully saturated rings. The van der Waals surface area contributed by atoms with Gasteiger partial charge in [-0.2, -0.15) is 0 Å². The van der Waals surface area contributed by atoms with Crippen LogP contribution in [0.15, 0.2) is 53.5 Å². The zero-order valence-corrected chi connectivity index (χ0v) is 13.3. The molecule has 0 aliphatic heterocycles. The fourth-order valence-corrected chi connectivity index (χ4v) is 2.76. The molecule has 1 heterocycles. The smallest absolute Gasteiger partial charge is 0.263 e. The summed E-state index contributed by atoms with van der Waals surface area (Å²) < 4.78 is 20.8. The standard InChI is InChI=1S/C19H18FNO2/c1-12(2)16-11-21(18-10-13(23-3)8-9-17(18)20)19(22)15-7-5-4-6-14(15)16/h4-12H,1-3H3. The lowest BCUT2D eigenvalue weighted by atomic mass is 9.98. The third kappa shape index (κ3) is 2.61. The van der Waals surface area contributed by atoms with Crippen LogP contribution in [0.4, 0.5) is 4.39 Å². The number of nitrogens with zero attached hydrogens (tertiary/aromatic N) is 1. The number of hydrogen-bond donors (Lipinski definition) is 0. The Hall–Kier alpha value is -2.62. The lowest BCUT2D eigenvalue weighted by Crippen LogP contribution is -2.20. The molecule has 0 bridgehead atoms. The van der Waals surface area contributed by atoms with Gasteiger partial charge in [-0.15, -0.1) is 0 Å². The normalized spacial score (nSPS) is 11.2. The molecule has 0 saturated carbocycles. The molecule has 0 amide bonds. The zero-order valence-electron chi connectivity index (χ0n) is 13.3. The number of ether oxygens (including phenoxy) is 1. The number of fused-ring (bicyclic) bond motifs is 1. The number of methoxy groups -OCH3 is 1. The first-order valence-corrected chi connectivity index (χ1v) is 7.51. The van der Waals surface area contributed by atoms with E-state index in [0.29, 0.717) is 11.1 Å². The van der Waals surface area contributed by atoms with Crippen LogP contribution in [-0.2, 0) is 0 Å². The molecule has 23 heavy (non-hydrogen) atoms. The molecular formula is C19H18FNO2. The number of benzene rings is 2. The molecule has 0 radical (unpaired) electrons. The van der Waals surface area contributed by atoms with Crippen molar-refractivity contribution in [1.82, 2.24) is 4.57 Å². The molecular weight excluding hydrogens is 293 g/mol. The van der Waals surface area contributed by atoms with Crippen molar-refractivity contribution < 1.29 is 9.13 Å². The number of hydrogen-bond acceptors (Lipinski definition) is 2. The van der Waals surface area contributed by atoms with E-state index in [4.69, 9.17) is 4.74 Å². The Bertz CT molecular complexity index is 928. The molecule has 0 atom stereocenters. The fourth-order valence-electron chi connectivity index (χ4n) is 2.76. The maximum Gasteiger partial charge on any atom is 0.263 e. The Morgan fingerprint density at radius 3 is 2.43 bits per heavy atom. The van der Waals surface area contributed by atoms with E-state index < -0.39 is 5.82 Å². The molecule has 3 nitrogen and oxygen atoms in total. The van der Waals surface area contributed by atoms with E-state index in [1.54, 1.807) is 12.3 Å². The molecule has 0 aliphatic carbocycles.